The van der Waals surface area contributed by atoms with E-state index < -0.39 is 64.5 Å². The van der Waals surface area contributed by atoms with E-state index in [1.807, 2.05) is 5.43 Å². The van der Waals surface area contributed by atoms with Gasteiger partial charge in [-0.2, -0.15) is 0 Å². The number of hydrogen-bond donors (Lipinski definition) is 1. The summed E-state index contributed by atoms with van der Waals surface area (Å²) in [4.78, 5) is 61.9. The van der Waals surface area contributed by atoms with Crippen molar-refractivity contribution in [2.45, 2.75) is 105 Å². The fraction of sp³-hybridized carbons (Fsp3) is 0.800. The standard InChI is InChI=1S/C20H35N3O10/c1-12(2)30-14(24)11-20(23(28)29,15(25)31-13(3)4)22(17(27)33-19(8,9)10)21-16(26)32-18(5,6)7/h12-13H,11H2,1-10H3,(H,21,26). The van der Waals surface area contributed by atoms with Gasteiger partial charge < -0.3 is 18.9 Å². The van der Waals surface area contributed by atoms with E-state index in [2.05, 4.69) is 0 Å². The summed E-state index contributed by atoms with van der Waals surface area (Å²) in [5.74, 6) is -2.79. The molecule has 0 saturated heterocycles. The van der Waals surface area contributed by atoms with Crippen molar-refractivity contribution in [3.8, 4) is 0 Å². The molecule has 0 bridgehead atoms. The fourth-order valence-electron chi connectivity index (χ4n) is 2.27. The van der Waals surface area contributed by atoms with Gasteiger partial charge in [-0.15, -0.1) is 5.01 Å². The first-order valence-electron chi connectivity index (χ1n) is 10.3. The third kappa shape index (κ3) is 9.91. The van der Waals surface area contributed by atoms with E-state index in [1.165, 1.54) is 69.2 Å². The van der Waals surface area contributed by atoms with Crippen LogP contribution in [-0.2, 0) is 28.5 Å². The molecule has 0 spiro atoms. The van der Waals surface area contributed by atoms with E-state index in [9.17, 15) is 29.3 Å². The molecule has 0 aromatic rings. The zero-order valence-electron chi connectivity index (χ0n) is 20.8. The van der Waals surface area contributed by atoms with Crippen LogP contribution in [0.25, 0.3) is 0 Å². The number of nitro groups is 1. The Morgan fingerprint density at radius 2 is 1.33 bits per heavy atom. The highest BCUT2D eigenvalue weighted by Crippen LogP contribution is 2.26. The van der Waals surface area contributed by atoms with Crippen molar-refractivity contribution in [2.24, 2.45) is 0 Å². The molecule has 13 heteroatoms. The number of hydrogen-bond acceptors (Lipinski definition) is 10. The van der Waals surface area contributed by atoms with Gasteiger partial charge in [0.1, 0.15) is 11.2 Å². The molecule has 0 saturated carbocycles. The Bertz CT molecular complexity index is 752. The van der Waals surface area contributed by atoms with E-state index in [1.54, 1.807) is 0 Å². The Balaban J connectivity index is 6.75. The third-order valence-electron chi connectivity index (χ3n) is 3.28. The molecule has 1 N–H and O–H groups in total. The summed E-state index contributed by atoms with van der Waals surface area (Å²) in [6.07, 6.45) is -5.63. The van der Waals surface area contributed by atoms with Crippen molar-refractivity contribution >= 4 is 24.1 Å². The van der Waals surface area contributed by atoms with E-state index in [4.69, 9.17) is 18.9 Å². The number of amides is 2. The van der Waals surface area contributed by atoms with Gasteiger partial charge in [0.15, 0.2) is 6.42 Å². The highest BCUT2D eigenvalue weighted by atomic mass is 16.7. The van der Waals surface area contributed by atoms with Crippen molar-refractivity contribution in [1.29, 1.82) is 0 Å². The number of ether oxygens (including phenoxy) is 4. The lowest BCUT2D eigenvalue weighted by molar-refractivity contribution is -0.583. The number of hydrazine groups is 1. The number of rotatable bonds is 7. The van der Waals surface area contributed by atoms with Gasteiger partial charge in [-0.05, 0) is 69.2 Å². The molecule has 2 amide bonds. The fourth-order valence-corrected chi connectivity index (χ4v) is 2.27. The van der Waals surface area contributed by atoms with Gasteiger partial charge >= 0.3 is 29.8 Å². The molecule has 33 heavy (non-hydrogen) atoms. The summed E-state index contributed by atoms with van der Waals surface area (Å²) in [6.45, 7) is 14.7. The van der Waals surface area contributed by atoms with Gasteiger partial charge in [-0.3, -0.25) is 14.9 Å². The molecule has 0 radical (unpaired) electrons. The molecular weight excluding hydrogens is 442 g/mol. The maximum Gasteiger partial charge on any atom is 0.435 e. The van der Waals surface area contributed by atoms with Gasteiger partial charge in [0.05, 0.1) is 17.1 Å². The van der Waals surface area contributed by atoms with Crippen molar-refractivity contribution in [3.05, 3.63) is 10.1 Å². The monoisotopic (exact) mass is 477 g/mol. The Morgan fingerprint density at radius 3 is 1.70 bits per heavy atom. The lowest BCUT2D eigenvalue weighted by atomic mass is 10.1. The van der Waals surface area contributed by atoms with Gasteiger partial charge in [0.2, 0.25) is 0 Å². The number of nitrogens with zero attached hydrogens (tertiary/aromatic N) is 2. The first-order chi connectivity index (χ1) is 14.7. The second-order valence-corrected chi connectivity index (χ2v) is 9.67. The van der Waals surface area contributed by atoms with Crippen molar-refractivity contribution in [1.82, 2.24) is 10.4 Å². The van der Waals surface area contributed by atoms with Crippen molar-refractivity contribution in [2.75, 3.05) is 0 Å². The summed E-state index contributed by atoms with van der Waals surface area (Å²) < 4.78 is 20.2. The maximum absolute atomic E-state index is 13.0. The largest absolute Gasteiger partial charge is 0.463 e. The van der Waals surface area contributed by atoms with Crippen LogP contribution in [0.15, 0.2) is 0 Å². The molecule has 1 atom stereocenters. The maximum atomic E-state index is 13.0. The van der Waals surface area contributed by atoms with Crippen LogP contribution in [0.2, 0.25) is 0 Å². The van der Waals surface area contributed by atoms with Crippen LogP contribution in [0.1, 0.15) is 75.7 Å². The minimum absolute atomic E-state index is 0.00137. The first-order valence-corrected chi connectivity index (χ1v) is 10.3. The average molecular weight is 478 g/mol. The minimum Gasteiger partial charge on any atom is -0.463 e. The second kappa shape index (κ2) is 11.1. The Morgan fingerprint density at radius 1 is 0.879 bits per heavy atom. The lowest BCUT2D eigenvalue weighted by Crippen LogP contribution is -2.69. The van der Waals surface area contributed by atoms with E-state index in [-0.39, 0.29) is 5.01 Å². The van der Waals surface area contributed by atoms with Crippen LogP contribution in [0.4, 0.5) is 9.59 Å². The molecule has 0 fully saturated rings. The van der Waals surface area contributed by atoms with E-state index in [0.29, 0.717) is 0 Å². The first kappa shape index (κ1) is 29.9. The molecule has 190 valence electrons. The highest BCUT2D eigenvalue weighted by molar-refractivity contribution is 5.89. The molecule has 0 rings (SSSR count). The van der Waals surface area contributed by atoms with Crippen molar-refractivity contribution < 1.29 is 43.0 Å². The number of nitrogens with one attached hydrogen (secondary N) is 1. The van der Waals surface area contributed by atoms with Gasteiger partial charge in [0, 0.05) is 0 Å². The summed E-state index contributed by atoms with van der Waals surface area (Å²) in [6, 6.07) is 0. The normalized spacial score (nSPS) is 13.6. The second-order valence-electron chi connectivity index (χ2n) is 9.67. The predicted molar refractivity (Wildman–Crippen MR) is 114 cm³/mol. The van der Waals surface area contributed by atoms with Crippen LogP contribution in [0.3, 0.4) is 0 Å². The molecule has 0 aromatic heterocycles. The number of carbonyl (C=O) groups excluding carboxylic acids is 4. The SMILES string of the molecule is CC(C)OC(=O)CC(C(=O)OC(C)C)(N(NC(=O)OC(C)(C)C)C(=O)OC(C)(C)C)[N+](=O)[O-]. The molecular formula is C20H35N3O10. The van der Waals surface area contributed by atoms with Gasteiger partial charge in [-0.25, -0.2) is 19.8 Å². The minimum atomic E-state index is -3.25. The number of esters is 2. The van der Waals surface area contributed by atoms with Crippen LogP contribution in [0.5, 0.6) is 0 Å². The zero-order chi connectivity index (χ0) is 26.4. The topological polar surface area (TPSA) is 164 Å². The lowest BCUT2D eigenvalue weighted by Gasteiger charge is -2.35. The molecule has 1 unspecified atom stereocenters. The van der Waals surface area contributed by atoms with Crippen LogP contribution < -0.4 is 5.43 Å². The molecule has 0 heterocycles. The zero-order valence-corrected chi connectivity index (χ0v) is 20.8. The molecule has 0 aromatic carbocycles. The molecule has 0 aliphatic carbocycles. The quantitative estimate of drug-likeness (QED) is 0.189. The third-order valence-corrected chi connectivity index (χ3v) is 3.28. The Labute approximate surface area is 193 Å². The summed E-state index contributed by atoms with van der Waals surface area (Å²) >= 11 is 0. The highest BCUT2D eigenvalue weighted by Gasteiger charge is 2.64. The average Bonchev–Trinajstić information content (AvgIpc) is 2.52. The van der Waals surface area contributed by atoms with E-state index >= 15 is 0 Å². The van der Waals surface area contributed by atoms with Crippen LogP contribution >= 0.6 is 0 Å². The molecule has 13 nitrogen and oxygen atoms in total. The smallest absolute Gasteiger partial charge is 0.435 e. The summed E-state index contributed by atoms with van der Waals surface area (Å²) in [5.41, 5.74) is -3.62. The van der Waals surface area contributed by atoms with E-state index in [0.717, 1.165) is 0 Å². The summed E-state index contributed by atoms with van der Waals surface area (Å²) in [5, 5.41) is 12.3. The van der Waals surface area contributed by atoms with Gasteiger partial charge in [-0.1, -0.05) is 0 Å². The Hall–Kier alpha value is -3.12. The Kier molecular flexibility index (Phi) is 10.1. The van der Waals surface area contributed by atoms with Crippen molar-refractivity contribution in [3.63, 3.8) is 0 Å². The molecule has 0 aliphatic heterocycles. The van der Waals surface area contributed by atoms with Gasteiger partial charge in [0.25, 0.3) is 0 Å². The predicted octanol–water partition coefficient (Wildman–Crippen LogP) is 2.93. The number of carbonyl (C=O) groups is 4. The van der Waals surface area contributed by atoms with Crippen LogP contribution in [0, 0.1) is 10.1 Å². The molecule has 0 aliphatic rings. The summed E-state index contributed by atoms with van der Waals surface area (Å²) in [7, 11) is 0. The van der Waals surface area contributed by atoms with Crippen LogP contribution in [-0.4, -0.2) is 63.1 Å².